The first-order valence-corrected chi connectivity index (χ1v) is 5.80. The van der Waals surface area contributed by atoms with Crippen molar-refractivity contribution in [2.75, 3.05) is 33.2 Å². The van der Waals surface area contributed by atoms with Crippen molar-refractivity contribution < 1.29 is 13.2 Å². The number of likely N-dealkylation sites (tertiary alicyclic amines) is 1. The first-order chi connectivity index (χ1) is 7.97. The summed E-state index contributed by atoms with van der Waals surface area (Å²) in [5, 5.41) is 11.6. The van der Waals surface area contributed by atoms with Crippen LogP contribution in [-0.2, 0) is 0 Å². The van der Waals surface area contributed by atoms with E-state index in [1.807, 2.05) is 7.05 Å². The van der Waals surface area contributed by atoms with Gasteiger partial charge in [0.15, 0.2) is 5.92 Å². The van der Waals surface area contributed by atoms with Crippen molar-refractivity contribution in [3.8, 4) is 6.07 Å². The van der Waals surface area contributed by atoms with Crippen molar-refractivity contribution >= 4 is 0 Å². The molecule has 0 aromatic rings. The van der Waals surface area contributed by atoms with Crippen molar-refractivity contribution in [3.63, 3.8) is 0 Å². The number of hydrogen-bond donors (Lipinski definition) is 1. The molecule has 0 bridgehead atoms. The number of nitrogens with one attached hydrogen (secondary N) is 1. The molecule has 98 valence electrons. The third-order valence-electron chi connectivity index (χ3n) is 3.19. The van der Waals surface area contributed by atoms with Gasteiger partial charge in [0.2, 0.25) is 0 Å². The zero-order valence-corrected chi connectivity index (χ0v) is 9.93. The number of halogens is 3. The molecule has 1 N–H and O–H groups in total. The molecule has 1 heterocycles. The van der Waals surface area contributed by atoms with Crippen LogP contribution in [0.4, 0.5) is 13.2 Å². The Labute approximate surface area is 99.6 Å². The molecule has 17 heavy (non-hydrogen) atoms. The Morgan fingerprint density at radius 3 is 2.41 bits per heavy atom. The summed E-state index contributed by atoms with van der Waals surface area (Å²) < 4.78 is 37.2. The normalized spacial score (nSPS) is 21.1. The topological polar surface area (TPSA) is 39.1 Å². The molecule has 6 heteroatoms. The highest BCUT2D eigenvalue weighted by atomic mass is 19.4. The van der Waals surface area contributed by atoms with Gasteiger partial charge in [-0.2, -0.15) is 18.4 Å². The fourth-order valence-corrected chi connectivity index (χ4v) is 2.14. The van der Waals surface area contributed by atoms with Gasteiger partial charge in [0.1, 0.15) is 0 Å². The Morgan fingerprint density at radius 1 is 1.41 bits per heavy atom. The van der Waals surface area contributed by atoms with Gasteiger partial charge in [0.05, 0.1) is 6.07 Å². The van der Waals surface area contributed by atoms with Crippen LogP contribution in [0.1, 0.15) is 12.8 Å². The summed E-state index contributed by atoms with van der Waals surface area (Å²) in [6, 6.07) is 1.35. The van der Waals surface area contributed by atoms with E-state index in [4.69, 9.17) is 5.26 Å². The second kappa shape index (κ2) is 6.22. The summed E-state index contributed by atoms with van der Waals surface area (Å²) in [7, 11) is 1.88. The van der Waals surface area contributed by atoms with E-state index >= 15 is 0 Å². The van der Waals surface area contributed by atoms with Crippen LogP contribution in [0.3, 0.4) is 0 Å². The Hall–Kier alpha value is -0.800. The van der Waals surface area contributed by atoms with Gasteiger partial charge in [-0.1, -0.05) is 0 Å². The van der Waals surface area contributed by atoms with E-state index in [2.05, 4.69) is 5.32 Å². The summed E-state index contributed by atoms with van der Waals surface area (Å²) in [4.78, 5) is 1.74. The lowest BCUT2D eigenvalue weighted by atomic mass is 9.96. The third-order valence-corrected chi connectivity index (χ3v) is 3.19. The predicted octanol–water partition coefficient (Wildman–Crippen LogP) is 1.62. The molecule has 1 aliphatic rings. The molecule has 0 aromatic carbocycles. The molecule has 0 aromatic heterocycles. The maximum atomic E-state index is 12.4. The smallest absolute Gasteiger partial charge is 0.319 e. The Bertz CT molecular complexity index is 264. The van der Waals surface area contributed by atoms with Gasteiger partial charge in [-0.3, -0.25) is 0 Å². The zero-order valence-electron chi connectivity index (χ0n) is 9.93. The zero-order chi connectivity index (χ0) is 12.9. The van der Waals surface area contributed by atoms with Crippen molar-refractivity contribution in [1.82, 2.24) is 10.2 Å². The van der Waals surface area contributed by atoms with Gasteiger partial charge in [0, 0.05) is 6.54 Å². The van der Waals surface area contributed by atoms with E-state index in [0.717, 1.165) is 19.4 Å². The number of nitriles is 1. The molecule has 1 rings (SSSR count). The maximum absolute atomic E-state index is 12.4. The van der Waals surface area contributed by atoms with E-state index in [9.17, 15) is 13.2 Å². The number of alkyl halides is 3. The Kier molecular flexibility index (Phi) is 5.22. The molecule has 1 unspecified atom stereocenters. The van der Waals surface area contributed by atoms with Crippen LogP contribution in [0.25, 0.3) is 0 Å². The lowest BCUT2D eigenvalue weighted by Gasteiger charge is -2.33. The fraction of sp³-hybridized carbons (Fsp3) is 0.909. The largest absolute Gasteiger partial charge is 0.405 e. The Balaban J connectivity index is 2.37. The Morgan fingerprint density at radius 2 is 2.00 bits per heavy atom. The minimum absolute atomic E-state index is 0.188. The van der Waals surface area contributed by atoms with Gasteiger partial charge < -0.3 is 10.2 Å². The van der Waals surface area contributed by atoms with Crippen molar-refractivity contribution in [3.05, 3.63) is 0 Å². The van der Waals surface area contributed by atoms with Crippen LogP contribution in [0.2, 0.25) is 0 Å². The highest BCUT2D eigenvalue weighted by molar-refractivity contribution is 4.91. The molecule has 1 fully saturated rings. The van der Waals surface area contributed by atoms with E-state index in [1.165, 1.54) is 6.07 Å². The predicted molar refractivity (Wildman–Crippen MR) is 58.2 cm³/mol. The monoisotopic (exact) mass is 249 g/mol. The first kappa shape index (κ1) is 14.3. The van der Waals surface area contributed by atoms with Gasteiger partial charge >= 0.3 is 6.18 Å². The molecule has 0 aliphatic carbocycles. The summed E-state index contributed by atoms with van der Waals surface area (Å²) in [6.45, 7) is 2.03. The van der Waals surface area contributed by atoms with Gasteiger partial charge in [-0.15, -0.1) is 0 Å². The van der Waals surface area contributed by atoms with Crippen molar-refractivity contribution in [1.29, 1.82) is 5.26 Å². The minimum atomic E-state index is -4.41. The van der Waals surface area contributed by atoms with Crippen LogP contribution in [-0.4, -0.2) is 44.3 Å². The molecule has 1 aliphatic heterocycles. The first-order valence-electron chi connectivity index (χ1n) is 5.80. The molecular weight excluding hydrogens is 231 g/mol. The molecular formula is C11H18F3N3. The second-order valence-corrected chi connectivity index (χ2v) is 4.52. The summed E-state index contributed by atoms with van der Waals surface area (Å²) in [5.74, 6) is -1.31. The number of nitrogens with zero attached hydrogens (tertiary/aromatic N) is 2. The van der Waals surface area contributed by atoms with Crippen LogP contribution in [0, 0.1) is 23.2 Å². The van der Waals surface area contributed by atoms with Crippen LogP contribution < -0.4 is 5.32 Å². The molecule has 1 atom stereocenters. The number of hydrogen-bond acceptors (Lipinski definition) is 3. The quantitative estimate of drug-likeness (QED) is 0.823. The molecule has 0 radical (unpaired) electrons. The molecule has 0 spiro atoms. The average Bonchev–Trinajstić information content (AvgIpc) is 2.27. The standard InChI is InChI=1S/C11H18F3N3/c1-16-7-9-2-4-17(5-3-9)8-10(6-15)11(12,13)14/h9-10,16H,2-5,7-8H2,1H3. The maximum Gasteiger partial charge on any atom is 0.405 e. The fourth-order valence-electron chi connectivity index (χ4n) is 2.14. The van der Waals surface area contributed by atoms with Gasteiger partial charge in [0.25, 0.3) is 0 Å². The summed E-state index contributed by atoms with van der Waals surface area (Å²) >= 11 is 0. The highest BCUT2D eigenvalue weighted by Gasteiger charge is 2.41. The number of rotatable bonds is 4. The average molecular weight is 249 g/mol. The van der Waals surface area contributed by atoms with E-state index in [1.54, 1.807) is 4.90 Å². The second-order valence-electron chi connectivity index (χ2n) is 4.52. The molecule has 0 saturated carbocycles. The van der Waals surface area contributed by atoms with Crippen molar-refractivity contribution in [2.45, 2.75) is 19.0 Å². The number of piperidine rings is 1. The van der Waals surface area contributed by atoms with E-state index in [-0.39, 0.29) is 6.54 Å². The third kappa shape index (κ3) is 4.52. The summed E-state index contributed by atoms with van der Waals surface area (Å²) in [5.41, 5.74) is 0. The lowest BCUT2D eigenvalue weighted by molar-refractivity contribution is -0.163. The van der Waals surface area contributed by atoms with E-state index < -0.39 is 12.1 Å². The van der Waals surface area contributed by atoms with Gasteiger partial charge in [-0.25, -0.2) is 0 Å². The highest BCUT2D eigenvalue weighted by Crippen LogP contribution is 2.27. The van der Waals surface area contributed by atoms with Crippen molar-refractivity contribution in [2.24, 2.45) is 11.8 Å². The molecule has 0 amide bonds. The molecule has 3 nitrogen and oxygen atoms in total. The molecule has 1 saturated heterocycles. The van der Waals surface area contributed by atoms with E-state index in [0.29, 0.717) is 19.0 Å². The van der Waals surface area contributed by atoms with Crippen LogP contribution in [0.5, 0.6) is 0 Å². The summed E-state index contributed by atoms with van der Waals surface area (Å²) in [6.07, 6.45) is -2.61. The van der Waals surface area contributed by atoms with Crippen LogP contribution >= 0.6 is 0 Å². The minimum Gasteiger partial charge on any atom is -0.319 e. The van der Waals surface area contributed by atoms with Gasteiger partial charge in [-0.05, 0) is 45.4 Å². The SMILES string of the molecule is CNCC1CCN(CC(C#N)C(F)(F)F)CC1. The van der Waals surface area contributed by atoms with Crippen LogP contribution in [0.15, 0.2) is 0 Å². The lowest BCUT2D eigenvalue weighted by Crippen LogP contribution is -2.42.